The summed E-state index contributed by atoms with van der Waals surface area (Å²) in [6, 6.07) is 24.4. The van der Waals surface area contributed by atoms with Crippen LogP contribution >= 0.6 is 0 Å². The van der Waals surface area contributed by atoms with Gasteiger partial charge in [0.1, 0.15) is 0 Å². The summed E-state index contributed by atoms with van der Waals surface area (Å²) in [6.07, 6.45) is 0. The summed E-state index contributed by atoms with van der Waals surface area (Å²) in [4.78, 5) is 12.9. The van der Waals surface area contributed by atoms with Gasteiger partial charge in [0, 0.05) is 0 Å². The van der Waals surface area contributed by atoms with Gasteiger partial charge in [-0.1, -0.05) is 72.8 Å². The summed E-state index contributed by atoms with van der Waals surface area (Å²) in [7, 11) is 0. The van der Waals surface area contributed by atoms with E-state index in [-0.39, 0.29) is 11.9 Å². The van der Waals surface area contributed by atoms with E-state index in [1.807, 2.05) is 69.3 Å². The van der Waals surface area contributed by atoms with E-state index in [1.165, 1.54) is 10.8 Å². The van der Waals surface area contributed by atoms with E-state index in [9.17, 15) is 4.79 Å². The second-order valence-corrected chi connectivity index (χ2v) is 6.75. The van der Waals surface area contributed by atoms with Crippen molar-refractivity contribution < 1.29 is 4.79 Å². The number of nitrogens with one attached hydrogen (secondary N) is 1. The lowest BCUT2D eigenvalue weighted by Crippen LogP contribution is -2.41. The molecule has 24 heavy (non-hydrogen) atoms. The summed E-state index contributed by atoms with van der Waals surface area (Å²) in [5, 5.41) is 5.57. The zero-order valence-electron chi connectivity index (χ0n) is 14.4. The fourth-order valence-corrected chi connectivity index (χ4v) is 3.07. The Morgan fingerprint density at radius 1 is 0.875 bits per heavy atom. The number of benzene rings is 3. The molecule has 0 fully saturated rings. The smallest absolute Gasteiger partial charge is 0.230 e. The molecule has 1 unspecified atom stereocenters. The third-order valence-electron chi connectivity index (χ3n) is 4.70. The maximum atomic E-state index is 12.9. The summed E-state index contributed by atoms with van der Waals surface area (Å²) in [5.41, 5.74) is 1.60. The van der Waals surface area contributed by atoms with Crippen LogP contribution in [-0.4, -0.2) is 5.91 Å². The van der Waals surface area contributed by atoms with Crippen molar-refractivity contribution >= 4 is 16.7 Å². The standard InChI is InChI=1S/C22H23NO/c1-16(19-15-9-11-17-10-7-8-14-20(17)19)23-21(24)22(2,3)18-12-5-4-6-13-18/h4-16H,1-3H3,(H,23,24). The van der Waals surface area contributed by atoms with Gasteiger partial charge in [0.05, 0.1) is 11.5 Å². The first-order valence-electron chi connectivity index (χ1n) is 8.34. The number of fused-ring (bicyclic) bond motifs is 1. The number of amides is 1. The van der Waals surface area contributed by atoms with Gasteiger partial charge in [-0.2, -0.15) is 0 Å². The highest BCUT2D eigenvalue weighted by Gasteiger charge is 2.30. The van der Waals surface area contributed by atoms with Crippen LogP contribution < -0.4 is 5.32 Å². The predicted octanol–water partition coefficient (Wildman–Crippen LogP) is 4.99. The maximum absolute atomic E-state index is 12.9. The average Bonchev–Trinajstić information content (AvgIpc) is 2.61. The molecule has 0 aliphatic rings. The number of carbonyl (C=O) groups is 1. The molecule has 3 aromatic rings. The van der Waals surface area contributed by atoms with Crippen molar-refractivity contribution in [1.82, 2.24) is 5.32 Å². The minimum Gasteiger partial charge on any atom is -0.349 e. The van der Waals surface area contributed by atoms with Crippen molar-refractivity contribution in [3.05, 3.63) is 83.9 Å². The van der Waals surface area contributed by atoms with E-state index in [2.05, 4.69) is 29.6 Å². The van der Waals surface area contributed by atoms with Crippen molar-refractivity contribution in [2.24, 2.45) is 0 Å². The maximum Gasteiger partial charge on any atom is 0.230 e. The lowest BCUT2D eigenvalue weighted by atomic mass is 9.83. The van der Waals surface area contributed by atoms with E-state index in [0.29, 0.717) is 0 Å². The van der Waals surface area contributed by atoms with Gasteiger partial charge in [-0.25, -0.2) is 0 Å². The van der Waals surface area contributed by atoms with Gasteiger partial charge < -0.3 is 5.32 Å². The molecule has 0 aromatic heterocycles. The Kier molecular flexibility index (Phi) is 4.39. The minimum absolute atomic E-state index is 0.0362. The van der Waals surface area contributed by atoms with E-state index >= 15 is 0 Å². The van der Waals surface area contributed by atoms with Gasteiger partial charge in [0.2, 0.25) is 5.91 Å². The first-order chi connectivity index (χ1) is 11.5. The summed E-state index contributed by atoms with van der Waals surface area (Å²) < 4.78 is 0. The Bertz CT molecular complexity index is 847. The fourth-order valence-electron chi connectivity index (χ4n) is 3.07. The number of hydrogen-bond acceptors (Lipinski definition) is 1. The molecule has 0 spiro atoms. The van der Waals surface area contributed by atoms with Crippen LogP contribution in [0.1, 0.15) is 37.9 Å². The molecule has 2 nitrogen and oxygen atoms in total. The zero-order valence-corrected chi connectivity index (χ0v) is 14.4. The van der Waals surface area contributed by atoms with Crippen LogP contribution in [0.25, 0.3) is 10.8 Å². The van der Waals surface area contributed by atoms with Crippen LogP contribution in [0.15, 0.2) is 72.8 Å². The number of hydrogen-bond donors (Lipinski definition) is 1. The second-order valence-electron chi connectivity index (χ2n) is 6.75. The fraction of sp³-hybridized carbons (Fsp3) is 0.227. The van der Waals surface area contributed by atoms with Crippen molar-refractivity contribution in [1.29, 1.82) is 0 Å². The number of rotatable bonds is 4. The van der Waals surface area contributed by atoms with Crippen molar-refractivity contribution in [3.63, 3.8) is 0 Å². The average molecular weight is 317 g/mol. The molecule has 1 amide bonds. The van der Waals surface area contributed by atoms with Crippen molar-refractivity contribution in [2.45, 2.75) is 32.2 Å². The molecule has 1 atom stereocenters. The lowest BCUT2D eigenvalue weighted by Gasteiger charge is -2.27. The van der Waals surface area contributed by atoms with Gasteiger partial charge in [-0.3, -0.25) is 4.79 Å². The van der Waals surface area contributed by atoms with Crippen LogP contribution in [0.3, 0.4) is 0 Å². The third-order valence-corrected chi connectivity index (χ3v) is 4.70. The van der Waals surface area contributed by atoms with Crippen LogP contribution in [-0.2, 0) is 10.2 Å². The Balaban J connectivity index is 1.86. The predicted molar refractivity (Wildman–Crippen MR) is 100.0 cm³/mol. The lowest BCUT2D eigenvalue weighted by molar-refractivity contribution is -0.126. The molecule has 122 valence electrons. The molecule has 2 heteroatoms. The van der Waals surface area contributed by atoms with E-state index in [1.54, 1.807) is 0 Å². The molecular weight excluding hydrogens is 294 g/mol. The van der Waals surface area contributed by atoms with Gasteiger partial charge in [-0.05, 0) is 42.7 Å². The first-order valence-corrected chi connectivity index (χ1v) is 8.34. The highest BCUT2D eigenvalue weighted by Crippen LogP contribution is 2.27. The van der Waals surface area contributed by atoms with Gasteiger partial charge in [-0.15, -0.1) is 0 Å². The van der Waals surface area contributed by atoms with Crippen LogP contribution in [0, 0.1) is 0 Å². The van der Waals surface area contributed by atoms with Gasteiger partial charge in [0.15, 0.2) is 0 Å². The molecular formula is C22H23NO. The highest BCUT2D eigenvalue weighted by atomic mass is 16.2. The van der Waals surface area contributed by atoms with E-state index in [4.69, 9.17) is 0 Å². The van der Waals surface area contributed by atoms with Gasteiger partial charge >= 0.3 is 0 Å². The van der Waals surface area contributed by atoms with Gasteiger partial charge in [0.25, 0.3) is 0 Å². The van der Waals surface area contributed by atoms with Crippen LogP contribution in [0.4, 0.5) is 0 Å². The normalized spacial score (nSPS) is 12.8. The quantitative estimate of drug-likeness (QED) is 0.721. The zero-order chi connectivity index (χ0) is 17.2. The molecule has 0 aliphatic heterocycles. The first kappa shape index (κ1) is 16.3. The summed E-state index contributed by atoms with van der Waals surface area (Å²) in [6.45, 7) is 5.97. The molecule has 0 bridgehead atoms. The second kappa shape index (κ2) is 6.48. The van der Waals surface area contributed by atoms with Crippen LogP contribution in [0.2, 0.25) is 0 Å². The monoisotopic (exact) mass is 317 g/mol. The molecule has 0 heterocycles. The molecule has 0 saturated heterocycles. The molecule has 1 N–H and O–H groups in total. The molecule has 0 saturated carbocycles. The topological polar surface area (TPSA) is 29.1 Å². The largest absolute Gasteiger partial charge is 0.349 e. The third kappa shape index (κ3) is 3.05. The van der Waals surface area contributed by atoms with E-state index < -0.39 is 5.41 Å². The minimum atomic E-state index is -0.569. The van der Waals surface area contributed by atoms with Crippen molar-refractivity contribution in [2.75, 3.05) is 0 Å². The SMILES string of the molecule is CC(NC(=O)C(C)(C)c1ccccc1)c1cccc2ccccc12. The Hall–Kier alpha value is -2.61. The molecule has 0 radical (unpaired) electrons. The van der Waals surface area contributed by atoms with Crippen LogP contribution in [0.5, 0.6) is 0 Å². The highest BCUT2D eigenvalue weighted by molar-refractivity contribution is 5.89. The Morgan fingerprint density at radius 2 is 1.50 bits per heavy atom. The molecule has 3 aromatic carbocycles. The van der Waals surface area contributed by atoms with E-state index in [0.717, 1.165) is 11.1 Å². The molecule has 3 rings (SSSR count). The number of carbonyl (C=O) groups excluding carboxylic acids is 1. The Morgan fingerprint density at radius 3 is 2.25 bits per heavy atom. The Labute approximate surface area is 143 Å². The van der Waals surface area contributed by atoms with Crippen molar-refractivity contribution in [3.8, 4) is 0 Å². The summed E-state index contributed by atoms with van der Waals surface area (Å²) >= 11 is 0. The summed E-state index contributed by atoms with van der Waals surface area (Å²) in [5.74, 6) is 0.0362. The molecule has 0 aliphatic carbocycles.